The molecule has 1 fully saturated rings. The Kier molecular flexibility index (Phi) is 6.31. The zero-order chi connectivity index (χ0) is 14.7. The number of rotatable bonds is 4. The summed E-state index contributed by atoms with van der Waals surface area (Å²) in [4.78, 5) is 6.59. The van der Waals surface area contributed by atoms with Crippen LogP contribution in [-0.4, -0.2) is 50.3 Å². The van der Waals surface area contributed by atoms with Gasteiger partial charge in [0.25, 0.3) is 0 Å². The van der Waals surface area contributed by atoms with Crippen molar-refractivity contribution in [2.24, 2.45) is 4.99 Å². The van der Waals surface area contributed by atoms with Crippen LogP contribution in [0.25, 0.3) is 0 Å². The average Bonchev–Trinajstić information content (AvgIpc) is 3.10. The lowest BCUT2D eigenvalue weighted by Gasteiger charge is -2.19. The van der Waals surface area contributed by atoms with Crippen molar-refractivity contribution in [2.75, 3.05) is 33.4 Å². The van der Waals surface area contributed by atoms with Crippen LogP contribution in [0, 0.1) is 6.92 Å². The number of ether oxygens (including phenoxy) is 2. The summed E-state index contributed by atoms with van der Waals surface area (Å²) in [5.41, 5.74) is 2.37. The van der Waals surface area contributed by atoms with E-state index in [4.69, 9.17) is 9.47 Å². The quantitative estimate of drug-likeness (QED) is 0.764. The number of guanidine groups is 1. The monoisotopic (exact) mass is 417 g/mol. The standard InChI is InChI=1S/C16H23N3O2.HI/c1-12-3-4-13(10-18-16-17-6-7-19(16)2)15(9-12)21-14-5-8-20-11-14;/h3-4,9,14H,5-8,10-11H2,1-2H3,(H,17,18);1H. The van der Waals surface area contributed by atoms with Gasteiger partial charge in [0.05, 0.1) is 19.8 Å². The van der Waals surface area contributed by atoms with E-state index in [1.54, 1.807) is 0 Å². The van der Waals surface area contributed by atoms with E-state index in [1.165, 1.54) is 5.56 Å². The maximum absolute atomic E-state index is 6.11. The topological polar surface area (TPSA) is 46.1 Å². The smallest absolute Gasteiger partial charge is 0.194 e. The third-order valence-corrected chi connectivity index (χ3v) is 3.90. The van der Waals surface area contributed by atoms with Gasteiger partial charge in [-0.3, -0.25) is 4.99 Å². The van der Waals surface area contributed by atoms with Crippen molar-refractivity contribution in [1.82, 2.24) is 10.2 Å². The van der Waals surface area contributed by atoms with Gasteiger partial charge in [-0.15, -0.1) is 24.0 Å². The second-order valence-electron chi connectivity index (χ2n) is 5.70. The lowest BCUT2D eigenvalue weighted by Crippen LogP contribution is -2.35. The highest BCUT2D eigenvalue weighted by Crippen LogP contribution is 2.23. The first-order valence-corrected chi connectivity index (χ1v) is 7.56. The predicted octanol–water partition coefficient (Wildman–Crippen LogP) is 2.17. The number of nitrogens with zero attached hydrogens (tertiary/aromatic N) is 2. The SMILES string of the molecule is Cc1ccc(CNC2=NCCN2C)c(OC2CCOC2)c1.I. The summed E-state index contributed by atoms with van der Waals surface area (Å²) in [6, 6.07) is 6.35. The average molecular weight is 417 g/mol. The Bertz CT molecular complexity index is 530. The number of halogens is 1. The molecular weight excluding hydrogens is 393 g/mol. The molecule has 1 N–H and O–H groups in total. The van der Waals surface area contributed by atoms with Gasteiger partial charge in [0, 0.05) is 32.1 Å². The van der Waals surface area contributed by atoms with Gasteiger partial charge in [-0.25, -0.2) is 0 Å². The molecule has 3 rings (SSSR count). The fourth-order valence-corrected chi connectivity index (χ4v) is 2.60. The third kappa shape index (κ3) is 4.25. The van der Waals surface area contributed by atoms with Crippen LogP contribution >= 0.6 is 24.0 Å². The minimum atomic E-state index is 0. The Morgan fingerprint density at radius 2 is 2.32 bits per heavy atom. The molecule has 0 spiro atoms. The van der Waals surface area contributed by atoms with Crippen molar-refractivity contribution >= 4 is 29.9 Å². The van der Waals surface area contributed by atoms with Crippen molar-refractivity contribution in [3.63, 3.8) is 0 Å². The molecule has 0 saturated carbocycles. The van der Waals surface area contributed by atoms with Gasteiger partial charge in [0.2, 0.25) is 0 Å². The minimum absolute atomic E-state index is 0. The number of aliphatic imine (C=N–C) groups is 1. The fourth-order valence-electron chi connectivity index (χ4n) is 2.60. The zero-order valence-electron chi connectivity index (χ0n) is 13.2. The molecule has 1 aromatic carbocycles. The second-order valence-corrected chi connectivity index (χ2v) is 5.70. The molecule has 1 atom stereocenters. The van der Waals surface area contributed by atoms with E-state index in [0.29, 0.717) is 6.61 Å². The second kappa shape index (κ2) is 8.01. The first-order chi connectivity index (χ1) is 10.2. The molecule has 2 aliphatic heterocycles. The van der Waals surface area contributed by atoms with Crippen LogP contribution in [-0.2, 0) is 11.3 Å². The van der Waals surface area contributed by atoms with Crippen LogP contribution in [0.1, 0.15) is 17.5 Å². The third-order valence-electron chi connectivity index (χ3n) is 3.90. The van der Waals surface area contributed by atoms with Gasteiger partial charge >= 0.3 is 0 Å². The molecule has 6 heteroatoms. The molecule has 1 saturated heterocycles. The first kappa shape index (κ1) is 17.3. The van der Waals surface area contributed by atoms with Crippen molar-refractivity contribution < 1.29 is 9.47 Å². The summed E-state index contributed by atoms with van der Waals surface area (Å²) in [6.45, 7) is 6.16. The van der Waals surface area contributed by atoms with Crippen molar-refractivity contribution in [2.45, 2.75) is 26.0 Å². The van der Waals surface area contributed by atoms with E-state index in [-0.39, 0.29) is 30.1 Å². The lowest BCUT2D eigenvalue weighted by atomic mass is 10.1. The Morgan fingerprint density at radius 1 is 1.45 bits per heavy atom. The molecule has 0 radical (unpaired) electrons. The van der Waals surface area contributed by atoms with E-state index in [0.717, 1.165) is 49.9 Å². The molecule has 2 heterocycles. The van der Waals surface area contributed by atoms with Crippen LogP contribution in [0.2, 0.25) is 0 Å². The van der Waals surface area contributed by atoms with Gasteiger partial charge in [-0.1, -0.05) is 12.1 Å². The first-order valence-electron chi connectivity index (χ1n) is 7.56. The Hall–Kier alpha value is -1.02. The number of likely N-dealkylation sites (N-methyl/N-ethyl adjacent to an activating group) is 1. The molecule has 1 aromatic rings. The molecule has 1 unspecified atom stereocenters. The van der Waals surface area contributed by atoms with E-state index < -0.39 is 0 Å². The van der Waals surface area contributed by atoms with Gasteiger partial charge in [-0.05, 0) is 18.6 Å². The summed E-state index contributed by atoms with van der Waals surface area (Å²) in [7, 11) is 2.06. The van der Waals surface area contributed by atoms with Gasteiger partial charge in [0.1, 0.15) is 11.9 Å². The zero-order valence-corrected chi connectivity index (χ0v) is 15.5. The van der Waals surface area contributed by atoms with Crippen LogP contribution in [0.4, 0.5) is 0 Å². The van der Waals surface area contributed by atoms with Crippen molar-refractivity contribution in [3.05, 3.63) is 29.3 Å². The number of aryl methyl sites for hydroxylation is 1. The molecule has 2 aliphatic rings. The molecule has 0 amide bonds. The summed E-state index contributed by atoms with van der Waals surface area (Å²) < 4.78 is 11.5. The summed E-state index contributed by atoms with van der Waals surface area (Å²) >= 11 is 0. The molecule has 122 valence electrons. The van der Waals surface area contributed by atoms with Crippen LogP contribution < -0.4 is 10.1 Å². The fraction of sp³-hybridized carbons (Fsp3) is 0.562. The van der Waals surface area contributed by atoms with E-state index >= 15 is 0 Å². The summed E-state index contributed by atoms with van der Waals surface area (Å²) in [5, 5.41) is 3.40. The normalized spacial score (nSPS) is 20.5. The number of nitrogens with one attached hydrogen (secondary N) is 1. The molecule has 0 bridgehead atoms. The number of hydrogen-bond donors (Lipinski definition) is 1. The van der Waals surface area contributed by atoms with Crippen LogP contribution in [0.15, 0.2) is 23.2 Å². The number of benzene rings is 1. The predicted molar refractivity (Wildman–Crippen MR) is 98.2 cm³/mol. The molecule has 5 nitrogen and oxygen atoms in total. The lowest BCUT2D eigenvalue weighted by molar-refractivity contribution is 0.140. The summed E-state index contributed by atoms with van der Waals surface area (Å²) in [5.74, 6) is 1.92. The van der Waals surface area contributed by atoms with Gasteiger partial charge < -0.3 is 19.7 Å². The Balaban J connectivity index is 0.00000176. The van der Waals surface area contributed by atoms with Gasteiger partial charge in [0.15, 0.2) is 5.96 Å². The van der Waals surface area contributed by atoms with E-state index in [2.05, 4.69) is 47.4 Å². The highest BCUT2D eigenvalue weighted by atomic mass is 127. The maximum atomic E-state index is 6.11. The van der Waals surface area contributed by atoms with Crippen LogP contribution in [0.3, 0.4) is 0 Å². The molecule has 22 heavy (non-hydrogen) atoms. The molecular formula is C16H24IN3O2. The molecule has 0 aliphatic carbocycles. The minimum Gasteiger partial charge on any atom is -0.488 e. The van der Waals surface area contributed by atoms with E-state index in [1.807, 2.05) is 0 Å². The Morgan fingerprint density at radius 3 is 3.00 bits per heavy atom. The van der Waals surface area contributed by atoms with E-state index in [9.17, 15) is 0 Å². The highest BCUT2D eigenvalue weighted by Gasteiger charge is 2.19. The van der Waals surface area contributed by atoms with Crippen molar-refractivity contribution in [3.8, 4) is 5.75 Å². The van der Waals surface area contributed by atoms with Gasteiger partial charge in [-0.2, -0.15) is 0 Å². The highest BCUT2D eigenvalue weighted by molar-refractivity contribution is 14.0. The molecule has 0 aromatic heterocycles. The maximum Gasteiger partial charge on any atom is 0.194 e. The largest absolute Gasteiger partial charge is 0.488 e. The Labute approximate surface area is 149 Å². The van der Waals surface area contributed by atoms with Crippen LogP contribution in [0.5, 0.6) is 5.75 Å². The van der Waals surface area contributed by atoms with Crippen molar-refractivity contribution in [1.29, 1.82) is 0 Å². The number of hydrogen-bond acceptors (Lipinski definition) is 5. The summed E-state index contributed by atoms with van der Waals surface area (Å²) in [6.07, 6.45) is 1.15.